The van der Waals surface area contributed by atoms with Crippen LogP contribution in [-0.4, -0.2) is 27.7 Å². The zero-order valence-corrected chi connectivity index (χ0v) is 9.49. The second-order valence-corrected chi connectivity index (χ2v) is 3.36. The largest absolute Gasteiger partial charge is 0.479 e. The van der Waals surface area contributed by atoms with E-state index in [1.165, 1.54) is 6.07 Å². The molecule has 106 valence electrons. The maximum atomic E-state index is 12.2. The molecule has 0 saturated carbocycles. The first-order valence-electron chi connectivity index (χ1n) is 4.86. The number of rotatable bonds is 5. The number of nitro groups is 1. The van der Waals surface area contributed by atoms with Crippen molar-refractivity contribution in [2.24, 2.45) is 0 Å². The Morgan fingerprint density at radius 2 is 2.10 bits per heavy atom. The fraction of sp³-hybridized carbons (Fsp3) is 0.200. The first kappa shape index (κ1) is 15.3. The summed E-state index contributed by atoms with van der Waals surface area (Å²) in [5, 5.41) is 37.6. The van der Waals surface area contributed by atoms with Crippen LogP contribution in [0.25, 0.3) is 0 Å². The van der Waals surface area contributed by atoms with Gasteiger partial charge in [-0.15, -0.1) is 0 Å². The monoisotopic (exact) mass is 288 g/mol. The van der Waals surface area contributed by atoms with E-state index in [-0.39, 0.29) is 0 Å². The SMILES string of the molecule is N#Cc1c([N+](=O)[O-])ccc(OC(F)F)c1C(O)C(=O)O. The van der Waals surface area contributed by atoms with E-state index in [1.54, 1.807) is 0 Å². The maximum absolute atomic E-state index is 12.2. The predicted molar refractivity (Wildman–Crippen MR) is 57.0 cm³/mol. The van der Waals surface area contributed by atoms with Crippen molar-refractivity contribution in [3.63, 3.8) is 0 Å². The standard InChI is InChI=1S/C10H6F2N2O6/c11-10(12)20-6-2-1-5(14(18)19)4(3-13)7(6)8(15)9(16)17/h1-2,8,10,15H,(H,16,17). The molecule has 0 aliphatic rings. The number of carboxylic acid groups (broad SMARTS) is 1. The number of aliphatic hydroxyl groups excluding tert-OH is 1. The van der Waals surface area contributed by atoms with Crippen molar-refractivity contribution in [3.05, 3.63) is 33.4 Å². The molecule has 0 heterocycles. The average Bonchev–Trinajstić information content (AvgIpc) is 2.35. The third kappa shape index (κ3) is 2.96. The number of aliphatic hydroxyl groups is 1. The van der Waals surface area contributed by atoms with Crippen molar-refractivity contribution in [1.82, 2.24) is 0 Å². The highest BCUT2D eigenvalue weighted by atomic mass is 19.3. The number of halogens is 2. The minimum Gasteiger partial charge on any atom is -0.479 e. The molecule has 2 N–H and O–H groups in total. The number of hydrogen-bond donors (Lipinski definition) is 2. The van der Waals surface area contributed by atoms with Gasteiger partial charge in [0.15, 0.2) is 6.10 Å². The van der Waals surface area contributed by atoms with Crippen LogP contribution < -0.4 is 4.74 Å². The number of carboxylic acids is 1. The van der Waals surface area contributed by atoms with Gasteiger partial charge >= 0.3 is 12.6 Å². The lowest BCUT2D eigenvalue weighted by atomic mass is 10.00. The van der Waals surface area contributed by atoms with Gasteiger partial charge in [-0.3, -0.25) is 10.1 Å². The molecular weight excluding hydrogens is 282 g/mol. The van der Waals surface area contributed by atoms with E-state index in [4.69, 9.17) is 10.4 Å². The van der Waals surface area contributed by atoms with E-state index < -0.39 is 46.2 Å². The highest BCUT2D eigenvalue weighted by Gasteiger charge is 2.31. The summed E-state index contributed by atoms with van der Waals surface area (Å²) in [6.07, 6.45) is -2.42. The van der Waals surface area contributed by atoms with Crippen molar-refractivity contribution in [2.45, 2.75) is 12.7 Å². The molecule has 1 aromatic carbocycles. The van der Waals surface area contributed by atoms with Gasteiger partial charge in [-0.05, 0) is 6.07 Å². The van der Waals surface area contributed by atoms with Crippen molar-refractivity contribution >= 4 is 11.7 Å². The highest BCUT2D eigenvalue weighted by molar-refractivity contribution is 5.78. The molecule has 0 saturated heterocycles. The number of nitriles is 1. The maximum Gasteiger partial charge on any atom is 0.387 e. The lowest BCUT2D eigenvalue weighted by Crippen LogP contribution is -2.16. The third-order valence-corrected chi connectivity index (χ3v) is 2.22. The number of nitrogens with zero attached hydrogens (tertiary/aromatic N) is 2. The second kappa shape index (κ2) is 5.89. The van der Waals surface area contributed by atoms with Crippen molar-refractivity contribution in [1.29, 1.82) is 5.26 Å². The van der Waals surface area contributed by atoms with Crippen LogP contribution in [0, 0.1) is 21.4 Å². The number of hydrogen-bond acceptors (Lipinski definition) is 6. The molecule has 0 spiro atoms. The van der Waals surface area contributed by atoms with Crippen LogP contribution >= 0.6 is 0 Å². The Labute approximate surface area is 109 Å². The van der Waals surface area contributed by atoms with Gasteiger partial charge in [0.25, 0.3) is 5.69 Å². The predicted octanol–water partition coefficient (Wildman–Crippen LogP) is 1.19. The molecule has 20 heavy (non-hydrogen) atoms. The first-order valence-corrected chi connectivity index (χ1v) is 4.86. The van der Waals surface area contributed by atoms with Crippen LogP contribution in [0.4, 0.5) is 14.5 Å². The number of ether oxygens (including phenoxy) is 1. The number of alkyl halides is 2. The van der Waals surface area contributed by atoms with Gasteiger partial charge in [-0.25, -0.2) is 4.79 Å². The fourth-order valence-electron chi connectivity index (χ4n) is 1.45. The summed E-state index contributed by atoms with van der Waals surface area (Å²) in [6, 6.07) is 2.69. The van der Waals surface area contributed by atoms with E-state index in [9.17, 15) is 28.8 Å². The third-order valence-electron chi connectivity index (χ3n) is 2.22. The van der Waals surface area contributed by atoms with Gasteiger partial charge in [0, 0.05) is 6.07 Å². The van der Waals surface area contributed by atoms with Gasteiger partial charge in [0.1, 0.15) is 17.4 Å². The normalized spacial score (nSPS) is 11.8. The molecule has 1 atom stereocenters. The van der Waals surface area contributed by atoms with Crippen LogP contribution in [-0.2, 0) is 4.79 Å². The van der Waals surface area contributed by atoms with Crippen molar-refractivity contribution in [3.8, 4) is 11.8 Å². The number of carbonyl (C=O) groups is 1. The molecule has 0 bridgehead atoms. The molecule has 8 nitrogen and oxygen atoms in total. The van der Waals surface area contributed by atoms with E-state index in [1.807, 2.05) is 0 Å². The van der Waals surface area contributed by atoms with Crippen LogP contribution in [0.2, 0.25) is 0 Å². The van der Waals surface area contributed by atoms with E-state index in [0.29, 0.717) is 12.1 Å². The van der Waals surface area contributed by atoms with E-state index in [2.05, 4.69) is 4.74 Å². The van der Waals surface area contributed by atoms with Crippen LogP contribution in [0.5, 0.6) is 5.75 Å². The summed E-state index contributed by atoms with van der Waals surface area (Å²) >= 11 is 0. The summed E-state index contributed by atoms with van der Waals surface area (Å²) in [5.41, 5.74) is -2.58. The van der Waals surface area contributed by atoms with Gasteiger partial charge in [-0.1, -0.05) is 0 Å². The zero-order chi connectivity index (χ0) is 15.4. The first-order chi connectivity index (χ1) is 9.29. The summed E-state index contributed by atoms with van der Waals surface area (Å²) in [7, 11) is 0. The minimum absolute atomic E-state index is 0.687. The minimum atomic E-state index is -3.36. The summed E-state index contributed by atoms with van der Waals surface area (Å²) < 4.78 is 28.3. The Morgan fingerprint density at radius 3 is 2.50 bits per heavy atom. The topological polar surface area (TPSA) is 134 Å². The van der Waals surface area contributed by atoms with Gasteiger partial charge in [-0.2, -0.15) is 14.0 Å². The summed E-state index contributed by atoms with van der Waals surface area (Å²) in [4.78, 5) is 20.4. The molecule has 0 aromatic heterocycles. The van der Waals surface area contributed by atoms with Gasteiger partial charge in [0.2, 0.25) is 0 Å². The molecular formula is C10H6F2N2O6. The number of nitro benzene ring substituents is 1. The zero-order valence-electron chi connectivity index (χ0n) is 9.49. The summed E-state index contributed by atoms with van der Waals surface area (Å²) in [6.45, 7) is -3.36. The Balaban J connectivity index is 3.60. The molecule has 0 amide bonds. The smallest absolute Gasteiger partial charge is 0.387 e. The Morgan fingerprint density at radius 1 is 1.50 bits per heavy atom. The Bertz CT molecular complexity index is 598. The Kier molecular flexibility index (Phi) is 4.50. The number of benzene rings is 1. The van der Waals surface area contributed by atoms with Crippen LogP contribution in [0.1, 0.15) is 17.2 Å². The van der Waals surface area contributed by atoms with Gasteiger partial charge in [0.05, 0.1) is 10.5 Å². The molecule has 1 aromatic rings. The average molecular weight is 288 g/mol. The molecule has 0 aliphatic carbocycles. The highest BCUT2D eigenvalue weighted by Crippen LogP contribution is 2.35. The van der Waals surface area contributed by atoms with E-state index in [0.717, 1.165) is 0 Å². The van der Waals surface area contributed by atoms with Crippen molar-refractivity contribution < 1.29 is 33.4 Å². The summed E-state index contributed by atoms with van der Waals surface area (Å²) in [5.74, 6) is -2.70. The lowest BCUT2D eigenvalue weighted by molar-refractivity contribution is -0.385. The molecule has 10 heteroatoms. The number of aliphatic carboxylic acids is 1. The van der Waals surface area contributed by atoms with Crippen LogP contribution in [0.15, 0.2) is 12.1 Å². The fourth-order valence-corrected chi connectivity index (χ4v) is 1.45. The van der Waals surface area contributed by atoms with Gasteiger partial charge < -0.3 is 14.9 Å². The van der Waals surface area contributed by atoms with Crippen molar-refractivity contribution in [2.75, 3.05) is 0 Å². The molecule has 1 unspecified atom stereocenters. The molecule has 0 radical (unpaired) electrons. The molecule has 1 rings (SSSR count). The van der Waals surface area contributed by atoms with Crippen LogP contribution in [0.3, 0.4) is 0 Å². The Hall–Kier alpha value is -2.80. The van der Waals surface area contributed by atoms with E-state index >= 15 is 0 Å². The second-order valence-electron chi connectivity index (χ2n) is 3.36. The lowest BCUT2D eigenvalue weighted by Gasteiger charge is -2.14. The molecule has 0 fully saturated rings. The molecule has 0 aliphatic heterocycles. The quantitative estimate of drug-likeness (QED) is 0.613.